The van der Waals surface area contributed by atoms with Gasteiger partial charge in [0.1, 0.15) is 19.3 Å². The SMILES string of the molecule is CCC(C)CCCCCCCCCCCCC(=O)O[C@H](COC(=O)CCCCCCCCC(C)CC)COP(=O)(O)OCC(O)COP(=O)(O)OC[C@@H](COC(=O)CCCCCCCCCCC(C)C)OC(=O)CCCCCCCCC(C)CC. The third kappa shape index (κ3) is 57.0. The van der Waals surface area contributed by atoms with E-state index in [-0.39, 0.29) is 25.7 Å². The summed E-state index contributed by atoms with van der Waals surface area (Å²) in [4.78, 5) is 72.3. The van der Waals surface area contributed by atoms with Crippen LogP contribution in [0.3, 0.4) is 0 Å². The number of hydrogen-bond acceptors (Lipinski definition) is 15. The average Bonchev–Trinajstić information content (AvgIpc) is 3.49. The zero-order valence-corrected chi connectivity index (χ0v) is 57.0. The van der Waals surface area contributed by atoms with Crippen molar-refractivity contribution >= 4 is 39.5 Å². The highest BCUT2D eigenvalue weighted by molar-refractivity contribution is 7.47. The van der Waals surface area contributed by atoms with Crippen LogP contribution < -0.4 is 0 Å². The van der Waals surface area contributed by atoms with Crippen molar-refractivity contribution in [1.82, 2.24) is 0 Å². The minimum absolute atomic E-state index is 0.102. The van der Waals surface area contributed by atoms with E-state index in [1.807, 2.05) is 0 Å². The number of esters is 4. The van der Waals surface area contributed by atoms with Crippen molar-refractivity contribution < 1.29 is 80.2 Å². The van der Waals surface area contributed by atoms with Gasteiger partial charge in [-0.15, -0.1) is 0 Å². The number of rotatable bonds is 63. The van der Waals surface area contributed by atoms with Gasteiger partial charge in [0.15, 0.2) is 12.2 Å². The van der Waals surface area contributed by atoms with Gasteiger partial charge in [-0.05, 0) is 49.4 Å². The van der Waals surface area contributed by atoms with Crippen molar-refractivity contribution in [2.45, 2.75) is 337 Å². The van der Waals surface area contributed by atoms with E-state index < -0.39 is 97.5 Å². The zero-order chi connectivity index (χ0) is 63.2. The highest BCUT2D eigenvalue weighted by atomic mass is 31.2. The lowest BCUT2D eigenvalue weighted by Gasteiger charge is -2.21. The Morgan fingerprint density at radius 3 is 0.835 bits per heavy atom. The van der Waals surface area contributed by atoms with Gasteiger partial charge < -0.3 is 33.8 Å². The Balaban J connectivity index is 5.26. The van der Waals surface area contributed by atoms with E-state index in [9.17, 15) is 43.2 Å². The molecule has 0 rings (SSSR count). The molecule has 17 nitrogen and oxygen atoms in total. The summed E-state index contributed by atoms with van der Waals surface area (Å²) in [6.07, 6.45) is 36.2. The van der Waals surface area contributed by atoms with Crippen molar-refractivity contribution in [2.24, 2.45) is 23.7 Å². The molecular weight excluding hydrogens is 1130 g/mol. The Morgan fingerprint density at radius 2 is 0.565 bits per heavy atom. The molecule has 0 amide bonds. The lowest BCUT2D eigenvalue weighted by molar-refractivity contribution is -0.161. The van der Waals surface area contributed by atoms with E-state index >= 15 is 0 Å². The molecule has 0 radical (unpaired) electrons. The Kier molecular flexibility index (Phi) is 54.8. The van der Waals surface area contributed by atoms with Gasteiger partial charge in [-0.1, -0.05) is 267 Å². The number of carbonyl (C=O) groups excluding carboxylic acids is 4. The summed E-state index contributed by atoms with van der Waals surface area (Å²) in [6.45, 7) is 14.0. The van der Waals surface area contributed by atoms with Crippen molar-refractivity contribution in [1.29, 1.82) is 0 Å². The molecule has 3 N–H and O–H groups in total. The second-order valence-electron chi connectivity index (χ2n) is 25.1. The Bertz CT molecular complexity index is 1700. The summed E-state index contributed by atoms with van der Waals surface area (Å²) in [7, 11) is -9.89. The summed E-state index contributed by atoms with van der Waals surface area (Å²) in [6, 6.07) is 0. The maximum absolute atomic E-state index is 13.0. The molecule has 0 fully saturated rings. The number of phosphoric acid groups is 2. The maximum atomic E-state index is 13.0. The quantitative estimate of drug-likeness (QED) is 0.0222. The first-order valence-corrected chi connectivity index (χ1v) is 37.3. The van der Waals surface area contributed by atoms with Gasteiger partial charge in [0, 0.05) is 25.7 Å². The topological polar surface area (TPSA) is 237 Å². The number of carbonyl (C=O) groups is 4. The second-order valence-corrected chi connectivity index (χ2v) is 28.0. The van der Waals surface area contributed by atoms with Gasteiger partial charge in [-0.25, -0.2) is 9.13 Å². The first-order chi connectivity index (χ1) is 40.7. The molecule has 8 atom stereocenters. The third-order valence-electron chi connectivity index (χ3n) is 16.2. The fraction of sp³-hybridized carbons (Fsp3) is 0.939. The van der Waals surface area contributed by atoms with Crippen molar-refractivity contribution in [3.8, 4) is 0 Å². The van der Waals surface area contributed by atoms with Crippen LogP contribution in [0.1, 0.15) is 319 Å². The predicted molar refractivity (Wildman–Crippen MR) is 340 cm³/mol. The van der Waals surface area contributed by atoms with Crippen molar-refractivity contribution in [3.05, 3.63) is 0 Å². The molecule has 0 aromatic rings. The summed E-state index contributed by atoms with van der Waals surface area (Å²) >= 11 is 0. The first kappa shape index (κ1) is 83.1. The molecule has 0 aromatic heterocycles. The van der Waals surface area contributed by atoms with E-state index in [4.69, 9.17) is 37.0 Å². The minimum atomic E-state index is -4.95. The van der Waals surface area contributed by atoms with E-state index in [0.717, 1.165) is 120 Å². The van der Waals surface area contributed by atoms with Crippen molar-refractivity contribution in [2.75, 3.05) is 39.6 Å². The Hall–Kier alpha value is -1.94. The second kappa shape index (κ2) is 56.1. The summed E-state index contributed by atoms with van der Waals surface area (Å²) < 4.78 is 68.1. The van der Waals surface area contributed by atoms with Gasteiger partial charge in [0.25, 0.3) is 0 Å². The standard InChI is InChI=1S/C66H128O17P2/c1-9-57(6)43-35-27-19-14-12-13-15-21-32-40-48-65(70)82-61(53-77-64(69)47-39-31-24-22-28-36-44-58(7)10-2)54-80-84(72,73)78-50-60(67)51-79-85(74,75)81-55-62(83-66(71)49-41-33-25-23-29-37-45-59(8)11-3)52-76-63(68)46-38-30-20-17-16-18-26-34-42-56(4)5/h56-62,67H,9-55H2,1-8H3,(H,72,73)(H,74,75)/t57?,58?,59?,60?,61-,62-/m1/s1. The maximum Gasteiger partial charge on any atom is 0.472 e. The van der Waals surface area contributed by atoms with Crippen LogP contribution in [0.15, 0.2) is 0 Å². The third-order valence-corrected chi connectivity index (χ3v) is 18.1. The number of ether oxygens (including phenoxy) is 4. The average molecular weight is 1260 g/mol. The minimum Gasteiger partial charge on any atom is -0.462 e. The number of unbranched alkanes of at least 4 members (excludes halogenated alkanes) is 26. The summed E-state index contributed by atoms with van der Waals surface area (Å²) in [5.41, 5.74) is 0. The van der Waals surface area contributed by atoms with Gasteiger partial charge in [-0.3, -0.25) is 37.3 Å². The highest BCUT2D eigenvalue weighted by Crippen LogP contribution is 2.45. The van der Waals surface area contributed by atoms with Crippen LogP contribution in [0.2, 0.25) is 0 Å². The molecule has 6 unspecified atom stereocenters. The molecule has 0 spiro atoms. The van der Waals surface area contributed by atoms with Gasteiger partial charge in [0.2, 0.25) is 0 Å². The van der Waals surface area contributed by atoms with E-state index in [1.165, 1.54) is 116 Å². The molecule has 85 heavy (non-hydrogen) atoms. The van der Waals surface area contributed by atoms with E-state index in [1.54, 1.807) is 0 Å². The normalized spacial score (nSPS) is 15.3. The fourth-order valence-electron chi connectivity index (χ4n) is 9.69. The zero-order valence-electron chi connectivity index (χ0n) is 55.2. The van der Waals surface area contributed by atoms with Crippen molar-refractivity contribution in [3.63, 3.8) is 0 Å². The number of hydrogen-bond donors (Lipinski definition) is 3. The highest BCUT2D eigenvalue weighted by Gasteiger charge is 2.30. The van der Waals surface area contributed by atoms with Crippen LogP contribution in [0, 0.1) is 23.7 Å². The largest absolute Gasteiger partial charge is 0.472 e. The van der Waals surface area contributed by atoms with Gasteiger partial charge in [-0.2, -0.15) is 0 Å². The molecule has 0 aliphatic heterocycles. The van der Waals surface area contributed by atoms with Crippen LogP contribution in [0.25, 0.3) is 0 Å². The van der Waals surface area contributed by atoms with E-state index in [2.05, 4.69) is 55.4 Å². The molecule has 504 valence electrons. The lowest BCUT2D eigenvalue weighted by atomic mass is 9.99. The molecular formula is C66H128O17P2. The molecule has 0 aliphatic rings. The molecule has 0 bridgehead atoms. The molecule has 0 heterocycles. The van der Waals surface area contributed by atoms with Gasteiger partial charge in [0.05, 0.1) is 26.4 Å². The Morgan fingerprint density at radius 1 is 0.329 bits per heavy atom. The fourth-order valence-corrected chi connectivity index (χ4v) is 11.3. The first-order valence-electron chi connectivity index (χ1n) is 34.3. The smallest absolute Gasteiger partial charge is 0.462 e. The molecule has 19 heteroatoms. The molecule has 0 saturated carbocycles. The molecule has 0 aliphatic carbocycles. The number of aliphatic hydroxyl groups excluding tert-OH is 1. The number of phosphoric ester groups is 2. The van der Waals surface area contributed by atoms with Gasteiger partial charge >= 0.3 is 39.5 Å². The monoisotopic (exact) mass is 1250 g/mol. The summed E-state index contributed by atoms with van der Waals surface area (Å²) in [5, 5.41) is 10.6. The molecule has 0 saturated heterocycles. The lowest BCUT2D eigenvalue weighted by Crippen LogP contribution is -2.30. The molecule has 0 aromatic carbocycles. The van der Waals surface area contributed by atoms with Crippen LogP contribution in [0.4, 0.5) is 0 Å². The van der Waals surface area contributed by atoms with Crippen LogP contribution in [-0.2, 0) is 65.4 Å². The van der Waals surface area contributed by atoms with Crippen LogP contribution in [-0.4, -0.2) is 96.7 Å². The predicted octanol–water partition coefficient (Wildman–Crippen LogP) is 18.1. The van der Waals surface area contributed by atoms with E-state index in [0.29, 0.717) is 25.7 Å². The van der Waals surface area contributed by atoms with Crippen LogP contribution in [0.5, 0.6) is 0 Å². The Labute approximate surface area is 517 Å². The van der Waals surface area contributed by atoms with Crippen LogP contribution >= 0.6 is 15.6 Å². The summed E-state index contributed by atoms with van der Waals surface area (Å²) in [5.74, 6) is 0.841. The number of aliphatic hydroxyl groups is 1.